The van der Waals surface area contributed by atoms with Crippen LogP contribution in [0.3, 0.4) is 0 Å². The minimum absolute atomic E-state index is 0.315. The molecule has 1 heterocycles. The van der Waals surface area contributed by atoms with Crippen molar-refractivity contribution in [3.63, 3.8) is 0 Å². The Balaban J connectivity index is 1.99. The van der Waals surface area contributed by atoms with Crippen LogP contribution in [0.15, 0.2) is 47.6 Å². The Morgan fingerprint density at radius 1 is 1.00 bits per heavy atom. The average molecular weight is 454 g/mol. The zero-order chi connectivity index (χ0) is 22.1. The predicted octanol–water partition coefficient (Wildman–Crippen LogP) is 2.19. The fraction of sp³-hybridized carbons (Fsp3) is 0.316. The molecule has 0 radical (unpaired) electrons. The van der Waals surface area contributed by atoms with Crippen LogP contribution in [0, 0.1) is 0 Å². The van der Waals surface area contributed by atoms with Crippen LogP contribution in [0.1, 0.15) is 23.6 Å². The van der Waals surface area contributed by atoms with E-state index in [-0.39, 0.29) is 0 Å². The summed E-state index contributed by atoms with van der Waals surface area (Å²) >= 11 is 0. The van der Waals surface area contributed by atoms with Gasteiger partial charge in [-0.15, -0.1) is 0 Å². The number of benzene rings is 2. The van der Waals surface area contributed by atoms with E-state index in [4.69, 9.17) is 9.47 Å². The highest BCUT2D eigenvalue weighted by Gasteiger charge is 2.36. The van der Waals surface area contributed by atoms with Crippen LogP contribution < -0.4 is 14.2 Å². The molecule has 1 aliphatic heterocycles. The lowest BCUT2D eigenvalue weighted by Crippen LogP contribution is -2.26. The molecular weight excluding hydrogens is 430 g/mol. The lowest BCUT2D eigenvalue weighted by Gasteiger charge is -2.23. The Morgan fingerprint density at radius 2 is 1.67 bits per heavy atom. The normalized spacial score (nSPS) is 16.9. The minimum Gasteiger partial charge on any atom is -0.493 e. The monoisotopic (exact) mass is 453 g/mol. The van der Waals surface area contributed by atoms with Gasteiger partial charge in [0.15, 0.2) is 11.5 Å². The molecule has 0 fully saturated rings. The van der Waals surface area contributed by atoms with Crippen molar-refractivity contribution in [2.75, 3.05) is 31.5 Å². The second-order valence-electron chi connectivity index (χ2n) is 6.84. The second-order valence-corrected chi connectivity index (χ2v) is 10.4. The van der Waals surface area contributed by atoms with Gasteiger partial charge in [0.2, 0.25) is 20.0 Å². The van der Waals surface area contributed by atoms with Gasteiger partial charge in [0.25, 0.3) is 0 Å². The van der Waals surface area contributed by atoms with E-state index in [0.717, 1.165) is 16.9 Å². The average Bonchev–Trinajstić information content (AvgIpc) is 3.12. The van der Waals surface area contributed by atoms with Crippen molar-refractivity contribution in [2.24, 2.45) is 5.10 Å². The van der Waals surface area contributed by atoms with Gasteiger partial charge in [0, 0.05) is 17.7 Å². The van der Waals surface area contributed by atoms with Crippen LogP contribution in [0.4, 0.5) is 5.69 Å². The number of para-hydroxylation sites is 1. The number of nitrogens with zero attached hydrogens (tertiary/aromatic N) is 2. The van der Waals surface area contributed by atoms with Crippen molar-refractivity contribution in [3.05, 3.63) is 53.6 Å². The number of hydrogen-bond acceptors (Lipinski definition) is 7. The topological polar surface area (TPSA) is 114 Å². The summed E-state index contributed by atoms with van der Waals surface area (Å²) in [6.07, 6.45) is 2.48. The zero-order valence-electron chi connectivity index (χ0n) is 17.0. The number of anilines is 1. The molecule has 1 atom stereocenters. The number of methoxy groups -OCH3 is 2. The fourth-order valence-electron chi connectivity index (χ4n) is 3.32. The largest absolute Gasteiger partial charge is 0.493 e. The highest BCUT2D eigenvalue weighted by molar-refractivity contribution is 7.92. The van der Waals surface area contributed by atoms with Gasteiger partial charge in [-0.3, -0.25) is 4.72 Å². The number of hydrogen-bond donors (Lipinski definition) is 1. The number of sulfonamides is 2. The Labute approximate surface area is 176 Å². The SMILES string of the molecule is COc1cccc(C2CC(c3ccc(NS(C)(=O)=O)cc3)=NN2S(C)(=O)=O)c1OC. The van der Waals surface area contributed by atoms with Gasteiger partial charge in [-0.2, -0.15) is 9.52 Å². The first kappa shape index (κ1) is 21.9. The Kier molecular flexibility index (Phi) is 5.95. The standard InChI is InChI=1S/C19H23N3O6S2/c1-27-18-7-5-6-15(19(18)28-2)17-12-16(20-22(17)30(4,25)26)13-8-10-14(11-9-13)21-29(3,23)24/h5-11,17,21H,12H2,1-4H3. The minimum atomic E-state index is -3.66. The van der Waals surface area contributed by atoms with E-state index in [1.165, 1.54) is 14.2 Å². The molecule has 0 bridgehead atoms. The van der Waals surface area contributed by atoms with Crippen LogP contribution in [0.5, 0.6) is 11.5 Å². The van der Waals surface area contributed by atoms with Crippen LogP contribution in [-0.4, -0.2) is 53.7 Å². The van der Waals surface area contributed by atoms with E-state index >= 15 is 0 Å². The molecule has 9 nitrogen and oxygen atoms in total. The number of rotatable bonds is 7. The van der Waals surface area contributed by atoms with Crippen LogP contribution in [0.2, 0.25) is 0 Å². The molecular formula is C19H23N3O6S2. The Morgan fingerprint density at radius 3 is 2.20 bits per heavy atom. The molecule has 2 aromatic carbocycles. The molecule has 0 spiro atoms. The molecule has 1 N–H and O–H groups in total. The molecule has 1 aliphatic rings. The van der Waals surface area contributed by atoms with Gasteiger partial charge in [-0.25, -0.2) is 16.8 Å². The molecule has 0 amide bonds. The summed E-state index contributed by atoms with van der Waals surface area (Å²) in [5, 5.41) is 4.35. The number of hydrazone groups is 1. The van der Waals surface area contributed by atoms with Gasteiger partial charge in [0.05, 0.1) is 38.5 Å². The van der Waals surface area contributed by atoms with E-state index < -0.39 is 26.1 Å². The van der Waals surface area contributed by atoms with Crippen molar-refractivity contribution in [1.29, 1.82) is 0 Å². The summed E-state index contributed by atoms with van der Waals surface area (Å²) < 4.78 is 61.9. The first-order valence-corrected chi connectivity index (χ1v) is 12.6. The van der Waals surface area contributed by atoms with E-state index in [1.54, 1.807) is 42.5 Å². The van der Waals surface area contributed by atoms with E-state index in [0.29, 0.717) is 40.4 Å². The van der Waals surface area contributed by atoms with E-state index in [2.05, 4.69) is 9.82 Å². The summed E-state index contributed by atoms with van der Waals surface area (Å²) in [6.45, 7) is 0. The molecule has 0 aliphatic carbocycles. The number of nitrogens with one attached hydrogen (secondary N) is 1. The summed E-state index contributed by atoms with van der Waals surface area (Å²) in [7, 11) is -4.04. The van der Waals surface area contributed by atoms with Crippen LogP contribution in [-0.2, 0) is 20.0 Å². The third kappa shape index (κ3) is 4.68. The van der Waals surface area contributed by atoms with Gasteiger partial charge in [0.1, 0.15) is 0 Å². The van der Waals surface area contributed by atoms with E-state index in [9.17, 15) is 16.8 Å². The summed E-state index contributed by atoms with van der Waals surface area (Å²) in [4.78, 5) is 0. The maximum atomic E-state index is 12.4. The third-order valence-electron chi connectivity index (χ3n) is 4.53. The lowest BCUT2D eigenvalue weighted by atomic mass is 9.98. The van der Waals surface area contributed by atoms with Crippen molar-refractivity contribution >= 4 is 31.4 Å². The molecule has 1 unspecified atom stereocenters. The quantitative estimate of drug-likeness (QED) is 0.687. The van der Waals surface area contributed by atoms with Crippen molar-refractivity contribution in [3.8, 4) is 11.5 Å². The highest BCUT2D eigenvalue weighted by atomic mass is 32.2. The van der Waals surface area contributed by atoms with Crippen molar-refractivity contribution < 1.29 is 26.3 Å². The fourth-order valence-corrected chi connectivity index (χ4v) is 4.78. The van der Waals surface area contributed by atoms with Gasteiger partial charge < -0.3 is 9.47 Å². The molecule has 30 heavy (non-hydrogen) atoms. The molecule has 0 aromatic heterocycles. The summed E-state index contributed by atoms with van der Waals surface area (Å²) in [6, 6.07) is 11.3. The van der Waals surface area contributed by atoms with Crippen molar-refractivity contribution in [1.82, 2.24) is 4.41 Å². The highest BCUT2D eigenvalue weighted by Crippen LogP contribution is 2.42. The molecule has 0 saturated carbocycles. The van der Waals surface area contributed by atoms with Gasteiger partial charge >= 0.3 is 0 Å². The lowest BCUT2D eigenvalue weighted by molar-refractivity contribution is 0.329. The van der Waals surface area contributed by atoms with Crippen LogP contribution >= 0.6 is 0 Å². The van der Waals surface area contributed by atoms with E-state index in [1.807, 2.05) is 0 Å². The maximum Gasteiger partial charge on any atom is 0.247 e. The second kappa shape index (κ2) is 8.15. The Bertz CT molecular complexity index is 1180. The Hall–Kier alpha value is -2.79. The van der Waals surface area contributed by atoms with Crippen molar-refractivity contribution in [2.45, 2.75) is 12.5 Å². The van der Waals surface area contributed by atoms with Crippen LogP contribution in [0.25, 0.3) is 0 Å². The summed E-state index contributed by atoms with van der Waals surface area (Å²) in [5.74, 6) is 0.941. The predicted molar refractivity (Wildman–Crippen MR) is 115 cm³/mol. The summed E-state index contributed by atoms with van der Waals surface area (Å²) in [5.41, 5.74) is 2.29. The first-order chi connectivity index (χ1) is 14.0. The zero-order valence-corrected chi connectivity index (χ0v) is 18.6. The smallest absolute Gasteiger partial charge is 0.247 e. The molecule has 11 heteroatoms. The number of ether oxygens (including phenoxy) is 2. The van der Waals surface area contributed by atoms with Gasteiger partial charge in [-0.1, -0.05) is 24.3 Å². The maximum absolute atomic E-state index is 12.4. The molecule has 162 valence electrons. The first-order valence-electron chi connectivity index (χ1n) is 8.89. The molecule has 3 rings (SSSR count). The molecule has 0 saturated heterocycles. The van der Waals surface area contributed by atoms with Gasteiger partial charge in [-0.05, 0) is 23.8 Å². The third-order valence-corrected chi connectivity index (χ3v) is 6.15. The molecule has 2 aromatic rings.